The zero-order chi connectivity index (χ0) is 9.64. The summed E-state index contributed by atoms with van der Waals surface area (Å²) in [5.74, 6) is -1.28. The Kier molecular flexibility index (Phi) is 1.85. The van der Waals surface area contributed by atoms with E-state index in [-0.39, 0.29) is 17.9 Å². The lowest BCUT2D eigenvalue weighted by atomic mass is 10.2. The molecule has 74 valence electrons. The molecule has 1 saturated heterocycles. The minimum atomic E-state index is -0.710. The van der Waals surface area contributed by atoms with Gasteiger partial charge in [-0.3, -0.25) is 4.79 Å². The van der Waals surface area contributed by atoms with Gasteiger partial charge in [-0.05, 0) is 20.3 Å². The maximum absolute atomic E-state index is 10.6. The van der Waals surface area contributed by atoms with Crippen LogP contribution >= 0.6 is 0 Å². The number of carbonyl (C=O) groups is 1. The van der Waals surface area contributed by atoms with Crippen molar-refractivity contribution >= 4 is 5.97 Å². The van der Waals surface area contributed by atoms with E-state index >= 15 is 0 Å². The zero-order valence-corrected chi connectivity index (χ0v) is 7.82. The first-order valence-electron chi connectivity index (χ1n) is 4.54. The summed E-state index contributed by atoms with van der Waals surface area (Å²) in [6, 6.07) is 0. The van der Waals surface area contributed by atoms with E-state index in [4.69, 9.17) is 14.6 Å². The summed E-state index contributed by atoms with van der Waals surface area (Å²) in [4.78, 5) is 10.6. The number of carboxylic acids is 1. The van der Waals surface area contributed by atoms with Gasteiger partial charge in [0.15, 0.2) is 5.79 Å². The summed E-state index contributed by atoms with van der Waals surface area (Å²) in [6.45, 7) is 4.23. The summed E-state index contributed by atoms with van der Waals surface area (Å²) in [5.41, 5.74) is 0. The summed E-state index contributed by atoms with van der Waals surface area (Å²) >= 11 is 0. The van der Waals surface area contributed by atoms with Crippen molar-refractivity contribution in [2.75, 3.05) is 6.61 Å². The van der Waals surface area contributed by atoms with Crippen LogP contribution in [0, 0.1) is 11.8 Å². The Hall–Kier alpha value is -0.610. The third-order valence-electron chi connectivity index (χ3n) is 2.66. The molecule has 0 amide bonds. The molecule has 1 aliphatic carbocycles. The van der Waals surface area contributed by atoms with Crippen LogP contribution in [0.25, 0.3) is 0 Å². The Morgan fingerprint density at radius 1 is 1.54 bits per heavy atom. The molecule has 2 fully saturated rings. The van der Waals surface area contributed by atoms with Crippen LogP contribution in [0.4, 0.5) is 0 Å². The molecule has 1 heterocycles. The normalized spacial score (nSPS) is 41.8. The Morgan fingerprint density at radius 2 is 2.23 bits per heavy atom. The van der Waals surface area contributed by atoms with Crippen molar-refractivity contribution in [1.29, 1.82) is 0 Å². The van der Waals surface area contributed by atoms with E-state index in [2.05, 4.69) is 0 Å². The quantitative estimate of drug-likeness (QED) is 0.694. The summed E-state index contributed by atoms with van der Waals surface area (Å²) in [5, 5.41) is 8.72. The van der Waals surface area contributed by atoms with Crippen molar-refractivity contribution in [3.05, 3.63) is 0 Å². The Labute approximate surface area is 76.8 Å². The fourth-order valence-electron chi connectivity index (χ4n) is 1.84. The van der Waals surface area contributed by atoms with Crippen molar-refractivity contribution in [3.8, 4) is 0 Å². The van der Waals surface area contributed by atoms with Crippen LogP contribution in [0.1, 0.15) is 20.3 Å². The molecule has 0 bridgehead atoms. The second-order valence-corrected chi connectivity index (χ2v) is 4.21. The highest BCUT2D eigenvalue weighted by molar-refractivity contribution is 5.73. The van der Waals surface area contributed by atoms with Gasteiger partial charge >= 0.3 is 5.97 Å². The average molecular weight is 186 g/mol. The summed E-state index contributed by atoms with van der Waals surface area (Å²) < 4.78 is 10.9. The molecule has 0 aromatic heterocycles. The van der Waals surface area contributed by atoms with Gasteiger partial charge < -0.3 is 14.6 Å². The molecule has 1 saturated carbocycles. The molecule has 0 aromatic rings. The van der Waals surface area contributed by atoms with E-state index in [0.717, 1.165) is 6.42 Å². The molecule has 1 N–H and O–H groups in total. The van der Waals surface area contributed by atoms with Crippen molar-refractivity contribution in [2.45, 2.75) is 32.2 Å². The van der Waals surface area contributed by atoms with Crippen LogP contribution in [-0.2, 0) is 14.3 Å². The number of ether oxygens (including phenoxy) is 2. The number of rotatable bonds is 2. The van der Waals surface area contributed by atoms with Crippen molar-refractivity contribution in [2.24, 2.45) is 11.8 Å². The van der Waals surface area contributed by atoms with Gasteiger partial charge in [0.1, 0.15) is 0 Å². The van der Waals surface area contributed by atoms with Crippen LogP contribution in [0.5, 0.6) is 0 Å². The highest BCUT2D eigenvalue weighted by atomic mass is 16.7. The maximum atomic E-state index is 10.6. The monoisotopic (exact) mass is 186 g/mol. The predicted molar refractivity (Wildman–Crippen MR) is 44.1 cm³/mol. The minimum absolute atomic E-state index is 0.0175. The lowest BCUT2D eigenvalue weighted by molar-refractivity contribution is -0.145. The first-order valence-corrected chi connectivity index (χ1v) is 4.54. The molecule has 4 heteroatoms. The molecular formula is C9H14O4. The minimum Gasteiger partial charge on any atom is -0.481 e. The predicted octanol–water partition coefficient (Wildman–Crippen LogP) is 0.859. The van der Waals surface area contributed by atoms with E-state index in [0.29, 0.717) is 6.61 Å². The van der Waals surface area contributed by atoms with Crippen LogP contribution in [0.2, 0.25) is 0 Å². The average Bonchev–Trinajstić information content (AvgIpc) is 2.71. The maximum Gasteiger partial charge on any atom is 0.306 e. The SMILES string of the molecule is CC1(C)OCC([C@H]2C[C@@H]2C(=O)O)O1. The highest BCUT2D eigenvalue weighted by Gasteiger charge is 2.52. The highest BCUT2D eigenvalue weighted by Crippen LogP contribution is 2.45. The summed E-state index contributed by atoms with van der Waals surface area (Å²) in [7, 11) is 0. The van der Waals surface area contributed by atoms with Gasteiger partial charge in [-0.15, -0.1) is 0 Å². The first kappa shape index (κ1) is 8.97. The fraction of sp³-hybridized carbons (Fsp3) is 0.889. The van der Waals surface area contributed by atoms with Crippen LogP contribution in [0.3, 0.4) is 0 Å². The van der Waals surface area contributed by atoms with Gasteiger partial charge in [0, 0.05) is 5.92 Å². The molecular weight excluding hydrogens is 172 g/mol. The molecule has 4 nitrogen and oxygen atoms in total. The van der Waals surface area contributed by atoms with E-state index < -0.39 is 11.8 Å². The molecule has 2 rings (SSSR count). The van der Waals surface area contributed by atoms with Crippen molar-refractivity contribution in [1.82, 2.24) is 0 Å². The lowest BCUT2D eigenvalue weighted by Crippen LogP contribution is -2.23. The second-order valence-electron chi connectivity index (χ2n) is 4.21. The van der Waals surface area contributed by atoms with E-state index in [9.17, 15) is 4.79 Å². The van der Waals surface area contributed by atoms with Crippen molar-refractivity contribution in [3.63, 3.8) is 0 Å². The molecule has 1 aliphatic heterocycles. The van der Waals surface area contributed by atoms with Gasteiger partial charge in [0.05, 0.1) is 18.6 Å². The third kappa shape index (κ3) is 1.69. The van der Waals surface area contributed by atoms with Gasteiger partial charge in [-0.2, -0.15) is 0 Å². The van der Waals surface area contributed by atoms with Gasteiger partial charge in [0.2, 0.25) is 0 Å². The Morgan fingerprint density at radius 3 is 2.62 bits per heavy atom. The number of hydrogen-bond donors (Lipinski definition) is 1. The number of carboxylic acid groups (broad SMARTS) is 1. The van der Waals surface area contributed by atoms with Crippen LogP contribution in [0.15, 0.2) is 0 Å². The second kappa shape index (κ2) is 2.69. The van der Waals surface area contributed by atoms with E-state index in [1.54, 1.807) is 0 Å². The van der Waals surface area contributed by atoms with E-state index in [1.807, 2.05) is 13.8 Å². The molecule has 2 aliphatic rings. The molecule has 1 unspecified atom stereocenters. The van der Waals surface area contributed by atoms with Crippen molar-refractivity contribution < 1.29 is 19.4 Å². The lowest BCUT2D eigenvalue weighted by Gasteiger charge is -2.16. The first-order chi connectivity index (χ1) is 5.99. The molecule has 0 radical (unpaired) electrons. The topological polar surface area (TPSA) is 55.8 Å². The standard InChI is InChI=1S/C9H14O4/c1-9(2)12-4-7(13-9)5-3-6(5)8(10)11/h5-7H,3-4H2,1-2H3,(H,10,11)/t5-,6-,7?/m0/s1. The van der Waals surface area contributed by atoms with Crippen LogP contribution < -0.4 is 0 Å². The van der Waals surface area contributed by atoms with Crippen LogP contribution in [-0.4, -0.2) is 29.6 Å². The molecule has 3 atom stereocenters. The van der Waals surface area contributed by atoms with Gasteiger partial charge in [-0.25, -0.2) is 0 Å². The molecule has 13 heavy (non-hydrogen) atoms. The Bertz CT molecular complexity index is 236. The third-order valence-corrected chi connectivity index (χ3v) is 2.66. The van der Waals surface area contributed by atoms with Gasteiger partial charge in [-0.1, -0.05) is 0 Å². The fourth-order valence-corrected chi connectivity index (χ4v) is 1.84. The largest absolute Gasteiger partial charge is 0.481 e. The smallest absolute Gasteiger partial charge is 0.306 e. The molecule has 0 spiro atoms. The number of hydrogen-bond acceptors (Lipinski definition) is 3. The molecule has 0 aromatic carbocycles. The van der Waals surface area contributed by atoms with E-state index in [1.165, 1.54) is 0 Å². The zero-order valence-electron chi connectivity index (χ0n) is 7.82. The number of aliphatic carboxylic acids is 1. The Balaban J connectivity index is 1.89. The van der Waals surface area contributed by atoms with Gasteiger partial charge in [0.25, 0.3) is 0 Å². The summed E-state index contributed by atoms with van der Waals surface area (Å²) in [6.07, 6.45) is 0.718.